The van der Waals surface area contributed by atoms with Crippen LogP contribution in [0.4, 0.5) is 0 Å². The monoisotopic (exact) mass is 380 g/mol. The number of rotatable bonds is 4. The van der Waals surface area contributed by atoms with E-state index in [0.717, 1.165) is 17.8 Å². The molecular weight excluding hydrogens is 348 g/mol. The molecule has 0 saturated heterocycles. The van der Waals surface area contributed by atoms with Gasteiger partial charge in [0.25, 0.3) is 0 Å². The molecule has 0 aliphatic heterocycles. The average molecular weight is 381 g/mol. The van der Waals surface area contributed by atoms with Crippen molar-refractivity contribution in [3.05, 3.63) is 22.2 Å². The highest BCUT2D eigenvalue weighted by molar-refractivity contribution is 9.11. The number of hydrogen-bond donors (Lipinski definition) is 1. The highest BCUT2D eigenvalue weighted by Crippen LogP contribution is 2.61. The van der Waals surface area contributed by atoms with Crippen LogP contribution in [0.5, 0.6) is 0 Å². The predicted molar refractivity (Wildman–Crippen MR) is 101 cm³/mol. The Morgan fingerprint density at radius 3 is 2.70 bits per heavy atom. The fourth-order valence-corrected chi connectivity index (χ4v) is 6.69. The van der Waals surface area contributed by atoms with Crippen LogP contribution in [0.2, 0.25) is 0 Å². The fourth-order valence-electron chi connectivity index (χ4n) is 6.14. The second kappa shape index (κ2) is 6.33. The van der Waals surface area contributed by atoms with Gasteiger partial charge in [0.15, 0.2) is 0 Å². The zero-order chi connectivity index (χ0) is 16.8. The molecule has 0 bridgehead atoms. The molecule has 1 nitrogen and oxygen atoms in total. The van der Waals surface area contributed by atoms with Crippen LogP contribution in [0.25, 0.3) is 0 Å². The Bertz CT molecular complexity index is 518. The average Bonchev–Trinajstić information content (AvgIpc) is 2.87. The summed E-state index contributed by atoms with van der Waals surface area (Å²) >= 11 is 3.63. The van der Waals surface area contributed by atoms with Crippen LogP contribution in [-0.2, 0) is 0 Å². The molecule has 0 aromatic carbocycles. The first-order chi connectivity index (χ1) is 10.8. The van der Waals surface area contributed by atoms with E-state index in [2.05, 4.69) is 54.7 Å². The zero-order valence-corrected chi connectivity index (χ0v) is 16.8. The quantitative estimate of drug-likeness (QED) is 0.585. The summed E-state index contributed by atoms with van der Waals surface area (Å²) in [6.07, 6.45) is 10.5. The van der Waals surface area contributed by atoms with E-state index < -0.39 is 0 Å². The zero-order valence-electron chi connectivity index (χ0n) is 15.2. The van der Waals surface area contributed by atoms with Crippen LogP contribution in [0.3, 0.4) is 0 Å². The Hall–Kier alpha value is -0.0800. The van der Waals surface area contributed by atoms with Crippen LogP contribution in [-0.4, -0.2) is 11.7 Å². The number of allylic oxidation sites excluding steroid dienone is 2. The van der Waals surface area contributed by atoms with Crippen molar-refractivity contribution < 1.29 is 5.11 Å². The van der Waals surface area contributed by atoms with Gasteiger partial charge in [0, 0.05) is 0 Å². The summed E-state index contributed by atoms with van der Waals surface area (Å²) in [6, 6.07) is 0. The standard InChI is InChI=1S/C21H33BrO/c1-14(10-16-11-17(13-23)20(16,2)3)18-7-8-19-15(12-22)6-5-9-21(18,19)4/h11-12,14,16,18-19,23H,5-10,13H2,1-4H3/b15-12+/t14-,16+,18-,19+,21-/m1/s1. The molecule has 5 atom stereocenters. The lowest BCUT2D eigenvalue weighted by atomic mass is 9.57. The van der Waals surface area contributed by atoms with E-state index in [1.54, 1.807) is 5.57 Å². The Kier molecular flexibility index (Phi) is 4.88. The molecule has 2 fully saturated rings. The highest BCUT2D eigenvalue weighted by atomic mass is 79.9. The summed E-state index contributed by atoms with van der Waals surface area (Å²) in [7, 11) is 0. The molecule has 0 aromatic rings. The van der Waals surface area contributed by atoms with Gasteiger partial charge in [0.2, 0.25) is 0 Å². The molecule has 0 aromatic heterocycles. The second-order valence-electron chi connectivity index (χ2n) is 9.17. The Morgan fingerprint density at radius 1 is 1.35 bits per heavy atom. The first-order valence-electron chi connectivity index (χ1n) is 9.45. The SMILES string of the molecule is C[C@H](C[C@H]1C=C(CO)C1(C)C)[C@H]1CC[C@H]2/C(=C/Br)CCC[C@]12C. The summed E-state index contributed by atoms with van der Waals surface area (Å²) < 4.78 is 0. The van der Waals surface area contributed by atoms with Crippen LogP contribution in [0.1, 0.15) is 66.2 Å². The van der Waals surface area contributed by atoms with Gasteiger partial charge in [-0.3, -0.25) is 0 Å². The summed E-state index contributed by atoms with van der Waals surface area (Å²) in [6.45, 7) is 9.91. The maximum absolute atomic E-state index is 9.46. The summed E-state index contributed by atoms with van der Waals surface area (Å²) in [5.41, 5.74) is 3.62. The molecule has 0 amide bonds. The number of aliphatic hydroxyl groups excluding tert-OH is 1. The van der Waals surface area contributed by atoms with E-state index in [-0.39, 0.29) is 12.0 Å². The first kappa shape index (κ1) is 17.7. The minimum absolute atomic E-state index is 0.204. The van der Waals surface area contributed by atoms with Gasteiger partial charge in [0.1, 0.15) is 0 Å². The molecule has 23 heavy (non-hydrogen) atoms. The van der Waals surface area contributed by atoms with Crippen molar-refractivity contribution >= 4 is 15.9 Å². The van der Waals surface area contributed by atoms with Crippen LogP contribution in [0, 0.1) is 34.5 Å². The van der Waals surface area contributed by atoms with Gasteiger partial charge in [-0.25, -0.2) is 0 Å². The van der Waals surface area contributed by atoms with Crippen molar-refractivity contribution in [2.45, 2.75) is 66.2 Å². The van der Waals surface area contributed by atoms with Crippen molar-refractivity contribution in [2.24, 2.45) is 34.5 Å². The van der Waals surface area contributed by atoms with Crippen molar-refractivity contribution in [1.29, 1.82) is 0 Å². The van der Waals surface area contributed by atoms with Gasteiger partial charge >= 0.3 is 0 Å². The van der Waals surface area contributed by atoms with Crippen LogP contribution in [0.15, 0.2) is 22.2 Å². The maximum Gasteiger partial charge on any atom is 0.0647 e. The molecule has 0 radical (unpaired) electrons. The molecular formula is C21H33BrO. The third kappa shape index (κ3) is 2.78. The molecule has 1 N–H and O–H groups in total. The molecule has 3 aliphatic rings. The molecule has 2 heteroatoms. The van der Waals surface area contributed by atoms with Gasteiger partial charge in [-0.1, -0.05) is 55.3 Å². The number of hydrogen-bond acceptors (Lipinski definition) is 1. The molecule has 130 valence electrons. The van der Waals surface area contributed by atoms with E-state index >= 15 is 0 Å². The van der Waals surface area contributed by atoms with Crippen molar-refractivity contribution in [1.82, 2.24) is 0 Å². The molecule has 2 saturated carbocycles. The van der Waals surface area contributed by atoms with E-state index in [0.29, 0.717) is 11.3 Å². The number of halogens is 1. The normalized spacial score (nSPS) is 42.1. The lowest BCUT2D eigenvalue weighted by molar-refractivity contribution is 0.0758. The second-order valence-corrected chi connectivity index (χ2v) is 9.63. The Morgan fingerprint density at radius 2 is 2.09 bits per heavy atom. The van der Waals surface area contributed by atoms with E-state index in [9.17, 15) is 5.11 Å². The largest absolute Gasteiger partial charge is 0.392 e. The van der Waals surface area contributed by atoms with E-state index in [1.165, 1.54) is 44.1 Å². The first-order valence-corrected chi connectivity index (χ1v) is 10.4. The Balaban J connectivity index is 1.72. The van der Waals surface area contributed by atoms with E-state index in [4.69, 9.17) is 0 Å². The molecule has 0 heterocycles. The summed E-state index contributed by atoms with van der Waals surface area (Å²) in [5.74, 6) is 3.09. The van der Waals surface area contributed by atoms with E-state index in [1.807, 2.05) is 0 Å². The Labute approximate surface area is 150 Å². The topological polar surface area (TPSA) is 20.2 Å². The van der Waals surface area contributed by atoms with Gasteiger partial charge in [-0.15, -0.1) is 0 Å². The lowest BCUT2D eigenvalue weighted by Gasteiger charge is -2.48. The van der Waals surface area contributed by atoms with Gasteiger partial charge < -0.3 is 5.11 Å². The molecule has 0 spiro atoms. The van der Waals surface area contributed by atoms with Crippen molar-refractivity contribution in [3.8, 4) is 0 Å². The smallest absolute Gasteiger partial charge is 0.0647 e. The molecule has 3 rings (SSSR count). The molecule has 3 aliphatic carbocycles. The third-order valence-electron chi connectivity index (χ3n) is 7.82. The highest BCUT2D eigenvalue weighted by Gasteiger charge is 2.51. The van der Waals surface area contributed by atoms with Crippen molar-refractivity contribution in [2.75, 3.05) is 6.61 Å². The fraction of sp³-hybridized carbons (Fsp3) is 0.810. The third-order valence-corrected chi connectivity index (χ3v) is 8.41. The van der Waals surface area contributed by atoms with Crippen LogP contribution >= 0.6 is 15.9 Å². The summed E-state index contributed by atoms with van der Waals surface area (Å²) in [4.78, 5) is 2.23. The number of aliphatic hydroxyl groups is 1. The summed E-state index contributed by atoms with van der Waals surface area (Å²) in [5, 5.41) is 9.46. The predicted octanol–water partition coefficient (Wildman–Crippen LogP) is 6.08. The minimum Gasteiger partial charge on any atom is -0.392 e. The number of fused-ring (bicyclic) bond motifs is 1. The van der Waals surface area contributed by atoms with Crippen LogP contribution < -0.4 is 0 Å². The van der Waals surface area contributed by atoms with Gasteiger partial charge in [-0.05, 0) is 83.6 Å². The van der Waals surface area contributed by atoms with Crippen molar-refractivity contribution in [3.63, 3.8) is 0 Å². The van der Waals surface area contributed by atoms with Gasteiger partial charge in [0.05, 0.1) is 6.61 Å². The maximum atomic E-state index is 9.46. The molecule has 0 unspecified atom stereocenters. The minimum atomic E-state index is 0.204. The lowest BCUT2D eigenvalue weighted by Crippen LogP contribution is -2.40. The van der Waals surface area contributed by atoms with Gasteiger partial charge in [-0.2, -0.15) is 0 Å².